The average Bonchev–Trinajstić information content (AvgIpc) is 2.89. The summed E-state index contributed by atoms with van der Waals surface area (Å²) in [4.78, 5) is 28.2. The van der Waals surface area contributed by atoms with Gasteiger partial charge in [-0.05, 0) is 52.2 Å². The second-order valence-electron chi connectivity index (χ2n) is 4.92. The summed E-state index contributed by atoms with van der Waals surface area (Å²) < 4.78 is 0. The van der Waals surface area contributed by atoms with E-state index < -0.39 is 5.97 Å². The van der Waals surface area contributed by atoms with Crippen LogP contribution in [0.3, 0.4) is 0 Å². The van der Waals surface area contributed by atoms with Crippen molar-refractivity contribution in [2.75, 3.05) is 33.7 Å². The summed E-state index contributed by atoms with van der Waals surface area (Å²) >= 11 is 1.31. The van der Waals surface area contributed by atoms with Crippen LogP contribution in [-0.4, -0.2) is 60.5 Å². The molecule has 0 unspecified atom stereocenters. The van der Waals surface area contributed by atoms with Crippen molar-refractivity contribution in [1.29, 1.82) is 0 Å². The molecule has 0 saturated heterocycles. The van der Waals surface area contributed by atoms with Gasteiger partial charge in [-0.3, -0.25) is 4.79 Å². The monoisotopic (exact) mass is 310 g/mol. The van der Waals surface area contributed by atoms with Crippen LogP contribution in [0.1, 0.15) is 27.9 Å². The zero-order valence-corrected chi connectivity index (χ0v) is 13.5. The molecule has 5 nitrogen and oxygen atoms in total. The maximum atomic E-state index is 12.4. The Hall–Kier alpha value is -1.66. The number of hydrogen-bond acceptors (Lipinski definition) is 4. The first-order valence-corrected chi connectivity index (χ1v) is 7.70. The van der Waals surface area contributed by atoms with E-state index in [9.17, 15) is 9.59 Å². The second kappa shape index (κ2) is 8.59. The minimum Gasteiger partial charge on any atom is -0.478 e. The Morgan fingerprint density at radius 1 is 1.29 bits per heavy atom. The Morgan fingerprint density at radius 2 is 2.00 bits per heavy atom. The summed E-state index contributed by atoms with van der Waals surface area (Å²) in [5.41, 5.74) is 0. The second-order valence-corrected chi connectivity index (χ2v) is 6.03. The standard InChI is InChI=1S/C15H22N2O3S/c1-4-17(11-5-10-16(2)3)15(20)13-8-6-12(21-13)7-9-14(18)19/h6-9H,4-5,10-11H2,1-3H3,(H,18,19)/b9-7+. The van der Waals surface area contributed by atoms with Crippen LogP contribution in [0, 0.1) is 0 Å². The molecular weight excluding hydrogens is 288 g/mol. The van der Waals surface area contributed by atoms with Gasteiger partial charge in [0.2, 0.25) is 0 Å². The van der Waals surface area contributed by atoms with E-state index in [2.05, 4.69) is 4.90 Å². The highest BCUT2D eigenvalue weighted by atomic mass is 32.1. The Morgan fingerprint density at radius 3 is 2.57 bits per heavy atom. The smallest absolute Gasteiger partial charge is 0.328 e. The van der Waals surface area contributed by atoms with Crippen molar-refractivity contribution in [3.8, 4) is 0 Å². The lowest BCUT2D eigenvalue weighted by molar-refractivity contribution is -0.131. The number of carbonyl (C=O) groups excluding carboxylic acids is 1. The van der Waals surface area contributed by atoms with Crippen LogP contribution in [0.2, 0.25) is 0 Å². The molecule has 0 aliphatic carbocycles. The van der Waals surface area contributed by atoms with Crippen LogP contribution in [-0.2, 0) is 4.79 Å². The zero-order valence-electron chi connectivity index (χ0n) is 12.7. The number of hydrogen-bond donors (Lipinski definition) is 1. The molecule has 0 bridgehead atoms. The average molecular weight is 310 g/mol. The number of carboxylic acid groups (broad SMARTS) is 1. The van der Waals surface area contributed by atoms with Gasteiger partial charge in [0.25, 0.3) is 5.91 Å². The van der Waals surface area contributed by atoms with Crippen LogP contribution < -0.4 is 0 Å². The Balaban J connectivity index is 2.65. The summed E-state index contributed by atoms with van der Waals surface area (Å²) in [6, 6.07) is 3.52. The van der Waals surface area contributed by atoms with Gasteiger partial charge in [0, 0.05) is 24.0 Å². The number of rotatable bonds is 8. The van der Waals surface area contributed by atoms with Crippen molar-refractivity contribution < 1.29 is 14.7 Å². The van der Waals surface area contributed by atoms with E-state index in [4.69, 9.17) is 5.11 Å². The molecule has 0 fully saturated rings. The van der Waals surface area contributed by atoms with Crippen LogP contribution in [0.4, 0.5) is 0 Å². The molecular formula is C15H22N2O3S. The number of amides is 1. The SMILES string of the molecule is CCN(CCCN(C)C)C(=O)c1ccc(/C=C/C(=O)O)s1. The van der Waals surface area contributed by atoms with Crippen molar-refractivity contribution in [3.63, 3.8) is 0 Å². The van der Waals surface area contributed by atoms with Gasteiger partial charge >= 0.3 is 5.97 Å². The normalized spacial score (nSPS) is 11.2. The first-order valence-electron chi connectivity index (χ1n) is 6.89. The van der Waals surface area contributed by atoms with Crippen molar-refractivity contribution in [1.82, 2.24) is 9.80 Å². The number of nitrogens with zero attached hydrogens (tertiary/aromatic N) is 2. The third-order valence-electron chi connectivity index (χ3n) is 2.93. The van der Waals surface area contributed by atoms with Gasteiger partial charge in [0.1, 0.15) is 0 Å². The summed E-state index contributed by atoms with van der Waals surface area (Å²) in [5.74, 6) is -0.980. The fourth-order valence-electron chi connectivity index (χ4n) is 1.85. The molecule has 0 atom stereocenters. The lowest BCUT2D eigenvalue weighted by atomic mass is 10.3. The van der Waals surface area contributed by atoms with Crippen LogP contribution in [0.15, 0.2) is 18.2 Å². The number of carboxylic acids is 1. The molecule has 21 heavy (non-hydrogen) atoms. The lowest BCUT2D eigenvalue weighted by Gasteiger charge is -2.21. The Labute approximate surface area is 129 Å². The largest absolute Gasteiger partial charge is 0.478 e. The van der Waals surface area contributed by atoms with Gasteiger partial charge in [-0.15, -0.1) is 11.3 Å². The predicted molar refractivity (Wildman–Crippen MR) is 85.7 cm³/mol. The van der Waals surface area contributed by atoms with Gasteiger partial charge in [-0.1, -0.05) is 0 Å². The quantitative estimate of drug-likeness (QED) is 0.748. The van der Waals surface area contributed by atoms with Gasteiger partial charge in [-0.25, -0.2) is 4.79 Å². The first-order chi connectivity index (χ1) is 9.93. The molecule has 1 amide bonds. The predicted octanol–water partition coefficient (Wildman–Crippen LogP) is 2.26. The van der Waals surface area contributed by atoms with E-state index in [0.29, 0.717) is 11.4 Å². The van der Waals surface area contributed by atoms with Crippen molar-refractivity contribution in [2.45, 2.75) is 13.3 Å². The van der Waals surface area contributed by atoms with Gasteiger partial charge in [0.15, 0.2) is 0 Å². The topological polar surface area (TPSA) is 60.9 Å². The molecule has 1 heterocycles. The molecule has 1 aromatic heterocycles. The molecule has 1 aromatic rings. The van der Waals surface area contributed by atoms with E-state index in [0.717, 1.165) is 30.5 Å². The first kappa shape index (κ1) is 17.4. The van der Waals surface area contributed by atoms with Crippen LogP contribution >= 0.6 is 11.3 Å². The minimum atomic E-state index is -0.991. The number of aliphatic carboxylic acids is 1. The maximum absolute atomic E-state index is 12.4. The van der Waals surface area contributed by atoms with E-state index in [1.165, 1.54) is 17.4 Å². The summed E-state index contributed by atoms with van der Waals surface area (Å²) in [7, 11) is 4.02. The summed E-state index contributed by atoms with van der Waals surface area (Å²) in [6.07, 6.45) is 3.52. The third-order valence-corrected chi connectivity index (χ3v) is 3.97. The lowest BCUT2D eigenvalue weighted by Crippen LogP contribution is -2.32. The Bertz CT molecular complexity index is 509. The molecule has 1 rings (SSSR count). The van der Waals surface area contributed by atoms with Crippen LogP contribution in [0.25, 0.3) is 6.08 Å². The summed E-state index contributed by atoms with van der Waals surface area (Å²) in [5, 5.41) is 8.60. The van der Waals surface area contributed by atoms with Crippen LogP contribution in [0.5, 0.6) is 0 Å². The molecule has 116 valence electrons. The molecule has 1 N–H and O–H groups in total. The molecule has 6 heteroatoms. The Kier molecular flexibility index (Phi) is 7.11. The van der Waals surface area contributed by atoms with Gasteiger partial charge < -0.3 is 14.9 Å². The van der Waals surface area contributed by atoms with Gasteiger partial charge in [0.05, 0.1) is 4.88 Å². The number of thiophene rings is 1. The van der Waals surface area contributed by atoms with E-state index >= 15 is 0 Å². The zero-order chi connectivity index (χ0) is 15.8. The fourth-order valence-corrected chi connectivity index (χ4v) is 2.73. The molecule has 0 spiro atoms. The van der Waals surface area contributed by atoms with E-state index in [-0.39, 0.29) is 5.91 Å². The molecule has 0 aliphatic heterocycles. The van der Waals surface area contributed by atoms with Crippen molar-refractivity contribution in [3.05, 3.63) is 28.0 Å². The highest BCUT2D eigenvalue weighted by Gasteiger charge is 2.15. The van der Waals surface area contributed by atoms with Gasteiger partial charge in [-0.2, -0.15) is 0 Å². The van der Waals surface area contributed by atoms with Crippen molar-refractivity contribution >= 4 is 29.3 Å². The fraction of sp³-hybridized carbons (Fsp3) is 0.467. The molecule has 0 aromatic carbocycles. The maximum Gasteiger partial charge on any atom is 0.328 e. The van der Waals surface area contributed by atoms with E-state index in [1.54, 1.807) is 12.1 Å². The third kappa shape index (κ3) is 6.10. The van der Waals surface area contributed by atoms with E-state index in [1.807, 2.05) is 25.9 Å². The number of carbonyl (C=O) groups is 2. The van der Waals surface area contributed by atoms with Crippen molar-refractivity contribution in [2.24, 2.45) is 0 Å². The molecule has 0 saturated carbocycles. The minimum absolute atomic E-state index is 0.0104. The summed E-state index contributed by atoms with van der Waals surface area (Å²) in [6.45, 7) is 4.31. The molecule has 0 radical (unpaired) electrons. The molecule has 0 aliphatic rings. The highest BCUT2D eigenvalue weighted by Crippen LogP contribution is 2.20. The highest BCUT2D eigenvalue weighted by molar-refractivity contribution is 7.14.